The molecule has 5 rings (SSSR count). The summed E-state index contributed by atoms with van der Waals surface area (Å²) in [6.07, 6.45) is 3.45. The first-order valence-electron chi connectivity index (χ1n) is 10.0. The first-order chi connectivity index (χ1) is 15.1. The van der Waals surface area contributed by atoms with Crippen LogP contribution in [0.1, 0.15) is 36.4 Å². The lowest BCUT2D eigenvalue weighted by atomic mass is 9.86. The average Bonchev–Trinajstić information content (AvgIpc) is 3.09. The van der Waals surface area contributed by atoms with Crippen molar-refractivity contribution in [1.29, 1.82) is 0 Å². The van der Waals surface area contributed by atoms with Crippen LogP contribution < -0.4 is 19.6 Å². The first kappa shape index (κ1) is 19.6. The standard InChI is InChI=1S/C24H19FN2O3S/c1-30-16-11-9-14(10-12-16)22-21-18(7-4-8-19(21)28)26-24-27(22)23(29)20(31-24)13-15-5-2-3-6-17(15)25/h2-3,5-6,9-13,22H,4,7-8H2,1H3. The number of allylic oxidation sites excluding steroid dienone is 2. The molecule has 31 heavy (non-hydrogen) atoms. The van der Waals surface area contributed by atoms with Crippen molar-refractivity contribution in [2.24, 2.45) is 4.99 Å². The number of methoxy groups -OCH3 is 1. The minimum absolute atomic E-state index is 0.0224. The van der Waals surface area contributed by atoms with E-state index in [4.69, 9.17) is 4.74 Å². The number of halogens is 1. The van der Waals surface area contributed by atoms with Crippen LogP contribution in [0.25, 0.3) is 6.08 Å². The number of thiazole rings is 1. The zero-order valence-electron chi connectivity index (χ0n) is 16.8. The van der Waals surface area contributed by atoms with Gasteiger partial charge in [0.25, 0.3) is 5.56 Å². The summed E-state index contributed by atoms with van der Waals surface area (Å²) >= 11 is 1.22. The average molecular weight is 434 g/mol. The molecule has 7 heteroatoms. The van der Waals surface area contributed by atoms with E-state index in [0.29, 0.717) is 39.1 Å². The van der Waals surface area contributed by atoms with Crippen molar-refractivity contribution in [1.82, 2.24) is 4.57 Å². The van der Waals surface area contributed by atoms with Gasteiger partial charge in [0.1, 0.15) is 11.6 Å². The quantitative estimate of drug-likeness (QED) is 0.637. The van der Waals surface area contributed by atoms with Crippen LogP contribution in [0.15, 0.2) is 69.6 Å². The Labute approximate surface area is 181 Å². The number of hydrogen-bond donors (Lipinski definition) is 0. The molecule has 2 aromatic carbocycles. The molecule has 0 spiro atoms. The maximum Gasteiger partial charge on any atom is 0.271 e. The van der Waals surface area contributed by atoms with Crippen LogP contribution in [0.3, 0.4) is 0 Å². The predicted molar refractivity (Wildman–Crippen MR) is 116 cm³/mol. The molecule has 0 saturated carbocycles. The highest BCUT2D eigenvalue weighted by atomic mass is 32.1. The van der Waals surface area contributed by atoms with E-state index in [-0.39, 0.29) is 11.3 Å². The number of ketones is 1. The molecule has 0 saturated heterocycles. The number of carbonyl (C=O) groups is 1. The fraction of sp³-hybridized carbons (Fsp3) is 0.208. The van der Waals surface area contributed by atoms with Gasteiger partial charge in [0.2, 0.25) is 0 Å². The van der Waals surface area contributed by atoms with E-state index in [2.05, 4.69) is 4.99 Å². The van der Waals surface area contributed by atoms with Gasteiger partial charge in [0.15, 0.2) is 10.6 Å². The van der Waals surface area contributed by atoms with E-state index in [9.17, 15) is 14.0 Å². The Morgan fingerprint density at radius 1 is 1.13 bits per heavy atom. The number of carbonyl (C=O) groups excluding carboxylic acids is 1. The van der Waals surface area contributed by atoms with Crippen LogP contribution in [0, 0.1) is 5.82 Å². The Hall–Kier alpha value is -3.32. The zero-order chi connectivity index (χ0) is 21.5. The largest absolute Gasteiger partial charge is 0.497 e. The van der Waals surface area contributed by atoms with Gasteiger partial charge in [-0.05, 0) is 42.7 Å². The number of ether oxygens (including phenoxy) is 1. The number of hydrogen-bond acceptors (Lipinski definition) is 5. The highest BCUT2D eigenvalue weighted by molar-refractivity contribution is 7.07. The molecular formula is C24H19FN2O3S. The van der Waals surface area contributed by atoms with Gasteiger partial charge >= 0.3 is 0 Å². The lowest BCUT2D eigenvalue weighted by Crippen LogP contribution is -2.40. The van der Waals surface area contributed by atoms with Crippen molar-refractivity contribution in [3.63, 3.8) is 0 Å². The van der Waals surface area contributed by atoms with E-state index in [0.717, 1.165) is 17.7 Å². The third-order valence-corrected chi connectivity index (χ3v) is 6.63. The SMILES string of the molecule is COc1ccc(C2C3=C(CCCC3=O)N=c3sc(=Cc4ccccc4F)c(=O)n32)cc1. The molecule has 2 heterocycles. The van der Waals surface area contributed by atoms with Gasteiger partial charge in [0.05, 0.1) is 23.4 Å². The molecule has 5 nitrogen and oxygen atoms in total. The molecule has 0 amide bonds. The molecule has 0 bridgehead atoms. The normalized spacial score (nSPS) is 18.5. The molecule has 1 unspecified atom stereocenters. The summed E-state index contributed by atoms with van der Waals surface area (Å²) in [6, 6.07) is 13.2. The third-order valence-electron chi connectivity index (χ3n) is 5.65. The number of Topliss-reactive ketones (excluding diaryl/α,β-unsaturated/α-hetero) is 1. The molecule has 2 aliphatic rings. The summed E-state index contributed by atoms with van der Waals surface area (Å²) in [4.78, 5) is 31.5. The summed E-state index contributed by atoms with van der Waals surface area (Å²) in [5.41, 5.74) is 2.21. The van der Waals surface area contributed by atoms with Gasteiger partial charge in [-0.3, -0.25) is 14.2 Å². The maximum absolute atomic E-state index is 14.2. The van der Waals surface area contributed by atoms with Crippen LogP contribution in [0.4, 0.5) is 4.39 Å². The summed E-state index contributed by atoms with van der Waals surface area (Å²) in [7, 11) is 1.59. The highest BCUT2D eigenvalue weighted by Crippen LogP contribution is 2.36. The van der Waals surface area contributed by atoms with Crippen molar-refractivity contribution >= 4 is 23.2 Å². The highest BCUT2D eigenvalue weighted by Gasteiger charge is 2.34. The van der Waals surface area contributed by atoms with E-state index in [1.54, 1.807) is 36.0 Å². The minimum atomic E-state index is -0.548. The molecule has 1 aliphatic heterocycles. The van der Waals surface area contributed by atoms with Crippen molar-refractivity contribution in [3.05, 3.63) is 96.4 Å². The molecule has 1 atom stereocenters. The van der Waals surface area contributed by atoms with Crippen LogP contribution in [0.5, 0.6) is 5.75 Å². The number of nitrogens with zero attached hydrogens (tertiary/aromatic N) is 2. The summed E-state index contributed by atoms with van der Waals surface area (Å²) < 4.78 is 21.4. The van der Waals surface area contributed by atoms with Crippen LogP contribution in [-0.2, 0) is 4.79 Å². The van der Waals surface area contributed by atoms with Crippen LogP contribution in [0.2, 0.25) is 0 Å². The minimum Gasteiger partial charge on any atom is -0.497 e. The second kappa shape index (κ2) is 7.74. The van der Waals surface area contributed by atoms with Crippen LogP contribution in [-0.4, -0.2) is 17.5 Å². The molecule has 0 fully saturated rings. The molecule has 0 N–H and O–H groups in total. The zero-order valence-corrected chi connectivity index (χ0v) is 17.6. The molecule has 156 valence electrons. The Bertz CT molecular complexity index is 1400. The lowest BCUT2D eigenvalue weighted by molar-refractivity contribution is -0.116. The Morgan fingerprint density at radius 3 is 2.65 bits per heavy atom. The van der Waals surface area contributed by atoms with Crippen molar-refractivity contribution < 1.29 is 13.9 Å². The second-order valence-electron chi connectivity index (χ2n) is 7.51. The number of rotatable bonds is 3. The van der Waals surface area contributed by atoms with Crippen LogP contribution >= 0.6 is 11.3 Å². The molecule has 3 aromatic rings. The molecular weight excluding hydrogens is 415 g/mol. The molecule has 1 aliphatic carbocycles. The number of benzene rings is 2. The Morgan fingerprint density at radius 2 is 1.90 bits per heavy atom. The molecule has 0 radical (unpaired) electrons. The summed E-state index contributed by atoms with van der Waals surface area (Å²) in [5.74, 6) is 0.323. The predicted octanol–water partition coefficient (Wildman–Crippen LogP) is 3.12. The van der Waals surface area contributed by atoms with E-state index in [1.807, 2.05) is 24.3 Å². The third kappa shape index (κ3) is 3.35. The fourth-order valence-corrected chi connectivity index (χ4v) is 5.16. The summed E-state index contributed by atoms with van der Waals surface area (Å²) in [5, 5.41) is 0. The monoisotopic (exact) mass is 434 g/mol. The van der Waals surface area contributed by atoms with Crippen molar-refractivity contribution in [2.75, 3.05) is 7.11 Å². The second-order valence-corrected chi connectivity index (χ2v) is 8.52. The van der Waals surface area contributed by atoms with Crippen molar-refractivity contribution in [2.45, 2.75) is 25.3 Å². The fourth-order valence-electron chi connectivity index (χ4n) is 4.15. The van der Waals surface area contributed by atoms with E-state index < -0.39 is 11.9 Å². The van der Waals surface area contributed by atoms with E-state index in [1.165, 1.54) is 17.4 Å². The maximum atomic E-state index is 14.2. The van der Waals surface area contributed by atoms with Gasteiger partial charge in [-0.2, -0.15) is 0 Å². The Balaban J connectivity index is 1.75. The van der Waals surface area contributed by atoms with Crippen molar-refractivity contribution in [3.8, 4) is 5.75 Å². The Kier molecular flexibility index (Phi) is 4.90. The lowest BCUT2D eigenvalue weighted by Gasteiger charge is -2.28. The van der Waals surface area contributed by atoms with Gasteiger partial charge < -0.3 is 4.74 Å². The van der Waals surface area contributed by atoms with Gasteiger partial charge in [0, 0.05) is 17.6 Å². The van der Waals surface area contributed by atoms with Gasteiger partial charge in [-0.25, -0.2) is 9.38 Å². The first-order valence-corrected chi connectivity index (χ1v) is 10.8. The topological polar surface area (TPSA) is 60.7 Å². The number of aromatic nitrogens is 1. The summed E-state index contributed by atoms with van der Waals surface area (Å²) in [6.45, 7) is 0. The van der Waals surface area contributed by atoms with E-state index >= 15 is 0 Å². The smallest absolute Gasteiger partial charge is 0.271 e. The van der Waals surface area contributed by atoms with Gasteiger partial charge in [-0.15, -0.1) is 0 Å². The number of fused-ring (bicyclic) bond motifs is 1. The molecule has 1 aromatic heterocycles. The van der Waals surface area contributed by atoms with Gasteiger partial charge in [-0.1, -0.05) is 41.7 Å².